The first-order chi connectivity index (χ1) is 12.6. The Balaban J connectivity index is 1.88. The van der Waals surface area contributed by atoms with Gasteiger partial charge in [0, 0.05) is 24.6 Å². The molecular weight excluding hydrogens is 333 g/mol. The quantitative estimate of drug-likeness (QED) is 0.628. The SMILES string of the molecule is CCN1CCc2cc(OCCCF)cc3c2[C@H]1Cc1ccc(O)c(O)c1-3. The van der Waals surface area contributed by atoms with Crippen LogP contribution in [0.25, 0.3) is 11.1 Å². The smallest absolute Gasteiger partial charge is 0.165 e. The normalized spacial score (nSPS) is 18.3. The average Bonchev–Trinajstić information content (AvgIpc) is 2.65. The van der Waals surface area contributed by atoms with Crippen molar-refractivity contribution in [2.45, 2.75) is 32.2 Å². The summed E-state index contributed by atoms with van der Waals surface area (Å²) in [6, 6.07) is 7.71. The molecule has 26 heavy (non-hydrogen) atoms. The molecule has 1 aliphatic heterocycles. The average molecular weight is 357 g/mol. The van der Waals surface area contributed by atoms with Gasteiger partial charge in [0.1, 0.15) is 5.75 Å². The van der Waals surface area contributed by atoms with Gasteiger partial charge in [-0.2, -0.15) is 0 Å². The Hall–Kier alpha value is -2.27. The Morgan fingerprint density at radius 2 is 2.08 bits per heavy atom. The van der Waals surface area contributed by atoms with Gasteiger partial charge in [0.05, 0.1) is 13.3 Å². The molecule has 0 unspecified atom stereocenters. The molecule has 1 heterocycles. The van der Waals surface area contributed by atoms with Crippen molar-refractivity contribution in [3.63, 3.8) is 0 Å². The highest BCUT2D eigenvalue weighted by molar-refractivity contribution is 5.83. The number of benzene rings is 2. The highest BCUT2D eigenvalue weighted by atomic mass is 19.1. The molecule has 0 radical (unpaired) electrons. The molecule has 4 rings (SSSR count). The summed E-state index contributed by atoms with van der Waals surface area (Å²) in [4.78, 5) is 2.46. The highest BCUT2D eigenvalue weighted by Crippen LogP contribution is 2.51. The topological polar surface area (TPSA) is 52.9 Å². The number of aromatic hydroxyl groups is 2. The van der Waals surface area contributed by atoms with Crippen LogP contribution in [0.15, 0.2) is 24.3 Å². The Morgan fingerprint density at radius 1 is 1.23 bits per heavy atom. The number of ether oxygens (including phenoxy) is 1. The van der Waals surface area contributed by atoms with Crippen LogP contribution in [0, 0.1) is 0 Å². The van der Waals surface area contributed by atoms with Gasteiger partial charge in [-0.05, 0) is 59.8 Å². The molecule has 2 N–H and O–H groups in total. The van der Waals surface area contributed by atoms with E-state index in [9.17, 15) is 14.6 Å². The maximum absolute atomic E-state index is 12.4. The molecule has 0 saturated carbocycles. The van der Waals surface area contributed by atoms with Gasteiger partial charge in [0.2, 0.25) is 0 Å². The number of rotatable bonds is 5. The van der Waals surface area contributed by atoms with Crippen molar-refractivity contribution in [1.29, 1.82) is 0 Å². The first kappa shape index (κ1) is 17.2. The van der Waals surface area contributed by atoms with Crippen molar-refractivity contribution < 1.29 is 19.3 Å². The van der Waals surface area contributed by atoms with Crippen molar-refractivity contribution in [3.05, 3.63) is 41.0 Å². The lowest BCUT2D eigenvalue weighted by Crippen LogP contribution is -2.38. The van der Waals surface area contributed by atoms with Crippen LogP contribution in [-0.4, -0.2) is 41.5 Å². The summed E-state index contributed by atoms with van der Waals surface area (Å²) in [6.07, 6.45) is 2.10. The van der Waals surface area contributed by atoms with Crippen LogP contribution in [0.4, 0.5) is 4.39 Å². The van der Waals surface area contributed by atoms with Crippen LogP contribution in [0.1, 0.15) is 36.1 Å². The fourth-order valence-electron chi connectivity index (χ4n) is 4.33. The summed E-state index contributed by atoms with van der Waals surface area (Å²) in [5.74, 6) is 0.520. The molecule has 2 aliphatic rings. The van der Waals surface area contributed by atoms with Crippen molar-refractivity contribution in [2.24, 2.45) is 0 Å². The van der Waals surface area contributed by atoms with Gasteiger partial charge in [-0.1, -0.05) is 13.0 Å². The van der Waals surface area contributed by atoms with E-state index < -0.39 is 6.67 Å². The third-order valence-corrected chi connectivity index (χ3v) is 5.56. The molecule has 0 saturated heterocycles. The molecule has 1 aliphatic carbocycles. The van der Waals surface area contributed by atoms with Crippen molar-refractivity contribution >= 4 is 0 Å². The van der Waals surface area contributed by atoms with Crippen LogP contribution in [0.2, 0.25) is 0 Å². The zero-order valence-electron chi connectivity index (χ0n) is 15.0. The van der Waals surface area contributed by atoms with Crippen molar-refractivity contribution in [1.82, 2.24) is 4.90 Å². The van der Waals surface area contributed by atoms with Gasteiger partial charge >= 0.3 is 0 Å². The fraction of sp³-hybridized carbons (Fsp3) is 0.429. The fourth-order valence-corrected chi connectivity index (χ4v) is 4.33. The zero-order valence-corrected chi connectivity index (χ0v) is 15.0. The molecule has 2 aromatic rings. The molecule has 4 nitrogen and oxygen atoms in total. The standard InChI is InChI=1S/C21H24FNO3/c1-2-23-8-6-14-10-15(26-9-3-7-22)12-16-19(14)17(23)11-13-4-5-18(24)21(25)20(13)16/h4-5,10,12,17,24-25H,2-3,6-9,11H2,1H3/t17-/m1/s1. The van der Waals surface area contributed by atoms with E-state index in [1.807, 2.05) is 12.1 Å². The maximum Gasteiger partial charge on any atom is 0.165 e. The first-order valence-electron chi connectivity index (χ1n) is 9.27. The third-order valence-electron chi connectivity index (χ3n) is 5.56. The molecule has 138 valence electrons. The molecule has 2 aromatic carbocycles. The van der Waals surface area contributed by atoms with Crippen molar-refractivity contribution in [3.8, 4) is 28.4 Å². The van der Waals surface area contributed by atoms with Crippen LogP contribution in [0.5, 0.6) is 17.2 Å². The van der Waals surface area contributed by atoms with Gasteiger partial charge in [-0.25, -0.2) is 0 Å². The van der Waals surface area contributed by atoms with Gasteiger partial charge in [-0.3, -0.25) is 9.29 Å². The number of phenolic OH excluding ortho intramolecular Hbond substituents is 2. The van der Waals surface area contributed by atoms with Crippen molar-refractivity contribution in [2.75, 3.05) is 26.4 Å². The predicted octanol–water partition coefficient (Wildman–Crippen LogP) is 3.98. The number of hydrogen-bond donors (Lipinski definition) is 2. The van der Waals surface area contributed by atoms with Crippen LogP contribution in [0.3, 0.4) is 0 Å². The van der Waals surface area contributed by atoms with Crippen LogP contribution < -0.4 is 4.74 Å². The Labute approximate surface area is 152 Å². The van der Waals surface area contributed by atoms with E-state index >= 15 is 0 Å². The molecule has 1 atom stereocenters. The van der Waals surface area contributed by atoms with E-state index in [0.29, 0.717) is 24.3 Å². The molecule has 0 aromatic heterocycles. The second-order valence-electron chi connectivity index (χ2n) is 7.00. The minimum Gasteiger partial charge on any atom is -0.504 e. The molecule has 5 heteroatoms. The van der Waals surface area contributed by atoms with E-state index in [0.717, 1.165) is 37.1 Å². The number of nitrogens with zero attached hydrogens (tertiary/aromatic N) is 1. The number of halogens is 1. The Bertz CT molecular complexity index is 836. The summed E-state index contributed by atoms with van der Waals surface area (Å²) in [7, 11) is 0. The third kappa shape index (κ3) is 2.71. The van der Waals surface area contributed by atoms with Crippen LogP contribution >= 0.6 is 0 Å². The summed E-state index contributed by atoms with van der Waals surface area (Å²) in [5, 5.41) is 20.5. The molecule has 0 bridgehead atoms. The van der Waals surface area contributed by atoms with Gasteiger partial charge in [0.25, 0.3) is 0 Å². The first-order valence-corrected chi connectivity index (χ1v) is 9.27. The summed E-state index contributed by atoms with van der Waals surface area (Å²) >= 11 is 0. The molecular formula is C21H24FNO3. The lowest BCUT2D eigenvalue weighted by molar-refractivity contribution is 0.192. The summed E-state index contributed by atoms with van der Waals surface area (Å²) in [5.41, 5.74) is 5.11. The summed E-state index contributed by atoms with van der Waals surface area (Å²) in [6.45, 7) is 4.06. The van der Waals surface area contributed by atoms with Crippen LogP contribution in [-0.2, 0) is 12.8 Å². The molecule has 0 spiro atoms. The molecule has 0 amide bonds. The van der Waals surface area contributed by atoms with E-state index in [1.54, 1.807) is 6.07 Å². The Kier molecular flexibility index (Phi) is 4.49. The zero-order chi connectivity index (χ0) is 18.3. The second kappa shape index (κ2) is 6.80. The minimum atomic E-state index is -0.400. The number of alkyl halides is 1. The lowest BCUT2D eigenvalue weighted by atomic mass is 9.76. The number of likely N-dealkylation sites (N-methyl/N-ethyl adjacent to an activating group) is 1. The van der Waals surface area contributed by atoms with Gasteiger partial charge in [0.15, 0.2) is 11.5 Å². The maximum atomic E-state index is 12.4. The number of fused-ring (bicyclic) bond motifs is 2. The summed E-state index contributed by atoms with van der Waals surface area (Å²) < 4.78 is 18.2. The van der Waals surface area contributed by atoms with Gasteiger partial charge < -0.3 is 14.9 Å². The largest absolute Gasteiger partial charge is 0.504 e. The van der Waals surface area contributed by atoms with E-state index in [-0.39, 0.29) is 17.5 Å². The van der Waals surface area contributed by atoms with E-state index in [1.165, 1.54) is 11.1 Å². The van der Waals surface area contributed by atoms with E-state index in [4.69, 9.17) is 4.74 Å². The monoisotopic (exact) mass is 357 g/mol. The van der Waals surface area contributed by atoms with E-state index in [2.05, 4.69) is 17.9 Å². The molecule has 0 fully saturated rings. The predicted molar refractivity (Wildman–Crippen MR) is 98.7 cm³/mol. The lowest BCUT2D eigenvalue weighted by Gasteiger charge is -2.41. The number of hydrogen-bond acceptors (Lipinski definition) is 4. The van der Waals surface area contributed by atoms with Gasteiger partial charge in [-0.15, -0.1) is 0 Å². The second-order valence-corrected chi connectivity index (χ2v) is 7.00. The number of phenols is 2. The minimum absolute atomic E-state index is 0.0716. The highest BCUT2D eigenvalue weighted by Gasteiger charge is 2.35. The Morgan fingerprint density at radius 3 is 2.85 bits per heavy atom.